The third-order valence-electron chi connectivity index (χ3n) is 4.66. The lowest BCUT2D eigenvalue weighted by Crippen LogP contribution is -2.60. The summed E-state index contributed by atoms with van der Waals surface area (Å²) >= 11 is 0. The molecule has 0 unspecified atom stereocenters. The summed E-state index contributed by atoms with van der Waals surface area (Å²) in [6.45, 7) is 7.60. The van der Waals surface area contributed by atoms with Gasteiger partial charge in [0.1, 0.15) is 0 Å². The molecular formula is C15H23N3O4S. The third-order valence-corrected chi connectivity index (χ3v) is 6.36. The molecule has 2 fully saturated rings. The van der Waals surface area contributed by atoms with Crippen LogP contribution in [0.2, 0.25) is 0 Å². The van der Waals surface area contributed by atoms with Crippen molar-refractivity contribution in [1.82, 2.24) is 14.8 Å². The SMILES string of the molecule is CCCN1CCN(C(=O)c2oc(C)nc2C)[C@H]2CS(=O)(=O)C[C@H]21. The smallest absolute Gasteiger partial charge is 0.291 e. The van der Waals surface area contributed by atoms with Gasteiger partial charge in [0, 0.05) is 26.1 Å². The number of fused-ring (bicyclic) bond motifs is 1. The van der Waals surface area contributed by atoms with Crippen LogP contribution in [0.1, 0.15) is 35.5 Å². The number of hydrogen-bond donors (Lipinski definition) is 0. The number of amides is 1. The number of aromatic nitrogens is 1. The first kappa shape index (κ1) is 16.4. The number of rotatable bonds is 3. The fourth-order valence-corrected chi connectivity index (χ4v) is 5.71. The number of carbonyl (C=O) groups is 1. The topological polar surface area (TPSA) is 83.7 Å². The van der Waals surface area contributed by atoms with Crippen LogP contribution in [0.15, 0.2) is 4.42 Å². The average molecular weight is 341 g/mol. The lowest BCUT2D eigenvalue weighted by molar-refractivity contribution is 0.0307. The lowest BCUT2D eigenvalue weighted by atomic mass is 10.0. The van der Waals surface area contributed by atoms with Gasteiger partial charge in [-0.3, -0.25) is 9.69 Å². The molecule has 2 aliphatic rings. The van der Waals surface area contributed by atoms with Crippen molar-refractivity contribution in [3.8, 4) is 0 Å². The summed E-state index contributed by atoms with van der Waals surface area (Å²) in [4.78, 5) is 20.9. The summed E-state index contributed by atoms with van der Waals surface area (Å²) in [5.41, 5.74) is 0.556. The van der Waals surface area contributed by atoms with E-state index in [1.807, 2.05) is 0 Å². The molecule has 1 aromatic heterocycles. The van der Waals surface area contributed by atoms with E-state index >= 15 is 0 Å². The Hall–Kier alpha value is -1.41. The zero-order chi connectivity index (χ0) is 16.8. The van der Waals surface area contributed by atoms with Gasteiger partial charge in [0.15, 0.2) is 15.7 Å². The number of oxazole rings is 1. The maximum absolute atomic E-state index is 12.8. The second-order valence-electron chi connectivity index (χ2n) is 6.39. The molecule has 0 aliphatic carbocycles. The van der Waals surface area contributed by atoms with E-state index in [-0.39, 0.29) is 35.3 Å². The summed E-state index contributed by atoms with van der Waals surface area (Å²) in [6, 6.07) is -0.403. The van der Waals surface area contributed by atoms with Gasteiger partial charge in [-0.2, -0.15) is 0 Å². The van der Waals surface area contributed by atoms with Crippen LogP contribution in [0.4, 0.5) is 0 Å². The molecule has 7 nitrogen and oxygen atoms in total. The standard InChI is InChI=1S/C15H23N3O4S/c1-4-5-17-6-7-18(13-9-23(20,21)8-12(13)17)15(19)14-10(2)16-11(3)22-14/h12-13H,4-9H2,1-3H3/t12-,13+/m1/s1. The molecule has 2 saturated heterocycles. The van der Waals surface area contributed by atoms with E-state index in [1.165, 1.54) is 0 Å². The monoisotopic (exact) mass is 341 g/mol. The molecule has 0 spiro atoms. The highest BCUT2D eigenvalue weighted by molar-refractivity contribution is 7.91. The molecule has 2 aliphatic heterocycles. The van der Waals surface area contributed by atoms with Gasteiger partial charge < -0.3 is 9.32 Å². The maximum atomic E-state index is 12.8. The normalized spacial score (nSPS) is 27.2. The first-order valence-electron chi connectivity index (χ1n) is 8.02. The Bertz CT molecular complexity index is 712. The van der Waals surface area contributed by atoms with Crippen molar-refractivity contribution < 1.29 is 17.6 Å². The zero-order valence-electron chi connectivity index (χ0n) is 13.8. The minimum atomic E-state index is -3.12. The molecule has 8 heteroatoms. The number of carbonyl (C=O) groups excluding carboxylic acids is 1. The largest absolute Gasteiger partial charge is 0.436 e. The van der Waals surface area contributed by atoms with Crippen molar-refractivity contribution in [1.29, 1.82) is 0 Å². The molecule has 0 aromatic carbocycles. The van der Waals surface area contributed by atoms with Crippen LogP contribution in [0.3, 0.4) is 0 Å². The van der Waals surface area contributed by atoms with Crippen LogP contribution in [0.5, 0.6) is 0 Å². The van der Waals surface area contributed by atoms with Crippen molar-refractivity contribution in [3.05, 3.63) is 17.3 Å². The predicted octanol–water partition coefficient (Wildman–Crippen LogP) is 0.625. The molecule has 1 aromatic rings. The Morgan fingerprint density at radius 3 is 2.57 bits per heavy atom. The summed E-state index contributed by atoms with van der Waals surface area (Å²) in [7, 11) is -3.12. The molecular weight excluding hydrogens is 318 g/mol. The van der Waals surface area contributed by atoms with E-state index in [2.05, 4.69) is 16.8 Å². The van der Waals surface area contributed by atoms with Gasteiger partial charge in [0.25, 0.3) is 5.91 Å². The molecule has 1 amide bonds. The Morgan fingerprint density at radius 1 is 1.26 bits per heavy atom. The number of sulfone groups is 1. The van der Waals surface area contributed by atoms with Gasteiger partial charge >= 0.3 is 0 Å². The minimum Gasteiger partial charge on any atom is -0.436 e. The molecule has 0 saturated carbocycles. The predicted molar refractivity (Wildman–Crippen MR) is 85.1 cm³/mol. The number of aryl methyl sites for hydroxylation is 2. The summed E-state index contributed by atoms with van der Waals surface area (Å²) < 4.78 is 29.7. The second kappa shape index (κ2) is 5.90. The van der Waals surface area contributed by atoms with Crippen molar-refractivity contribution in [2.75, 3.05) is 31.1 Å². The Labute approximate surface area is 136 Å². The van der Waals surface area contributed by atoms with Crippen LogP contribution in [-0.4, -0.2) is 72.3 Å². The van der Waals surface area contributed by atoms with Crippen molar-refractivity contribution in [3.63, 3.8) is 0 Å². The van der Waals surface area contributed by atoms with Gasteiger partial charge in [-0.1, -0.05) is 6.92 Å². The Kier molecular flexibility index (Phi) is 4.22. The van der Waals surface area contributed by atoms with Gasteiger partial charge in [-0.15, -0.1) is 0 Å². The van der Waals surface area contributed by atoms with Crippen LogP contribution >= 0.6 is 0 Å². The van der Waals surface area contributed by atoms with Crippen molar-refractivity contribution >= 4 is 15.7 Å². The maximum Gasteiger partial charge on any atom is 0.291 e. The quantitative estimate of drug-likeness (QED) is 0.802. The number of hydrogen-bond acceptors (Lipinski definition) is 6. The van der Waals surface area contributed by atoms with E-state index in [0.717, 1.165) is 13.0 Å². The van der Waals surface area contributed by atoms with Crippen LogP contribution in [0, 0.1) is 13.8 Å². The number of piperazine rings is 1. The first-order valence-corrected chi connectivity index (χ1v) is 9.84. The fraction of sp³-hybridized carbons (Fsp3) is 0.733. The highest BCUT2D eigenvalue weighted by Gasteiger charge is 2.48. The summed E-state index contributed by atoms with van der Waals surface area (Å²) in [6.07, 6.45) is 0.970. The van der Waals surface area contributed by atoms with Gasteiger partial charge in [0.2, 0.25) is 5.76 Å². The van der Waals surface area contributed by atoms with Crippen LogP contribution in [-0.2, 0) is 9.84 Å². The van der Waals surface area contributed by atoms with Gasteiger partial charge in [-0.05, 0) is 19.9 Å². The molecule has 3 heterocycles. The number of nitrogens with zero attached hydrogens (tertiary/aromatic N) is 3. The van der Waals surface area contributed by atoms with E-state index in [4.69, 9.17) is 4.42 Å². The summed E-state index contributed by atoms with van der Waals surface area (Å²) in [5, 5.41) is 0. The highest BCUT2D eigenvalue weighted by Crippen LogP contribution is 2.29. The second-order valence-corrected chi connectivity index (χ2v) is 8.55. The average Bonchev–Trinajstić information content (AvgIpc) is 2.97. The highest BCUT2D eigenvalue weighted by atomic mass is 32.2. The molecule has 23 heavy (non-hydrogen) atoms. The van der Waals surface area contributed by atoms with Crippen LogP contribution in [0.25, 0.3) is 0 Å². The van der Waals surface area contributed by atoms with Crippen LogP contribution < -0.4 is 0 Å². The van der Waals surface area contributed by atoms with E-state index in [0.29, 0.717) is 24.7 Å². The minimum absolute atomic E-state index is 0.0375. The third kappa shape index (κ3) is 3.01. The zero-order valence-corrected chi connectivity index (χ0v) is 14.6. The summed E-state index contributed by atoms with van der Waals surface area (Å²) in [5.74, 6) is 0.609. The fourth-order valence-electron chi connectivity index (χ4n) is 3.70. The van der Waals surface area contributed by atoms with E-state index in [9.17, 15) is 13.2 Å². The molecule has 0 N–H and O–H groups in total. The van der Waals surface area contributed by atoms with Gasteiger partial charge in [0.05, 0.1) is 23.2 Å². The van der Waals surface area contributed by atoms with Gasteiger partial charge in [-0.25, -0.2) is 13.4 Å². The molecule has 0 radical (unpaired) electrons. The van der Waals surface area contributed by atoms with Crippen molar-refractivity contribution in [2.24, 2.45) is 0 Å². The molecule has 0 bridgehead atoms. The first-order chi connectivity index (χ1) is 10.8. The molecule has 3 rings (SSSR count). The molecule has 128 valence electrons. The van der Waals surface area contributed by atoms with Crippen molar-refractivity contribution in [2.45, 2.75) is 39.3 Å². The lowest BCUT2D eigenvalue weighted by Gasteiger charge is -2.43. The molecule has 2 atom stereocenters. The Morgan fingerprint density at radius 2 is 1.96 bits per heavy atom. The van der Waals surface area contributed by atoms with E-state index in [1.54, 1.807) is 18.7 Å². The Balaban J connectivity index is 1.89. The van der Waals surface area contributed by atoms with E-state index < -0.39 is 9.84 Å².